The normalized spacial score (nSPS) is 18.3. The Morgan fingerprint density at radius 1 is 1.03 bits per heavy atom. The van der Waals surface area contributed by atoms with Gasteiger partial charge in [-0.2, -0.15) is 0 Å². The maximum absolute atomic E-state index is 13.5. The topological polar surface area (TPSA) is 71.9 Å². The molecule has 1 spiro atoms. The molecular weight excluding hydrogens is 452 g/mol. The third-order valence-corrected chi connectivity index (χ3v) is 7.59. The van der Waals surface area contributed by atoms with Crippen molar-refractivity contribution in [2.75, 3.05) is 18.0 Å². The number of aromatic hydroxyl groups is 1. The van der Waals surface area contributed by atoms with E-state index in [0.29, 0.717) is 5.41 Å². The van der Waals surface area contributed by atoms with Crippen molar-refractivity contribution in [1.82, 2.24) is 4.98 Å². The molecule has 0 radical (unpaired) electrons. The molecule has 2 fully saturated rings. The first-order valence-electron chi connectivity index (χ1n) is 13.3. The molecule has 2 aliphatic rings. The van der Waals surface area contributed by atoms with Gasteiger partial charge in [0.1, 0.15) is 5.75 Å². The highest BCUT2D eigenvalue weighted by Gasteiger charge is 2.42. The Labute approximate surface area is 216 Å². The second kappa shape index (κ2) is 10.0. The highest BCUT2D eigenvalue weighted by molar-refractivity contribution is 5.88. The molecule has 0 bridgehead atoms. The van der Waals surface area contributed by atoms with Gasteiger partial charge in [-0.05, 0) is 97.3 Å². The summed E-state index contributed by atoms with van der Waals surface area (Å²) < 4.78 is 12.2. The van der Waals surface area contributed by atoms with Crippen LogP contribution in [0, 0.1) is 19.3 Å². The third-order valence-electron chi connectivity index (χ3n) is 7.59. The molecule has 1 aliphatic heterocycles. The van der Waals surface area contributed by atoms with Crippen LogP contribution in [0.2, 0.25) is 0 Å². The zero-order chi connectivity index (χ0) is 26.3. The van der Waals surface area contributed by atoms with E-state index in [-0.39, 0.29) is 17.8 Å². The SMILES string of the molecule is Cc1nc(C)c(C(OC(C)(C)C)C(=O)OC(C)C)c(N2CCC3(CCC3)CC2)c1-c1ccc(O)cc1. The van der Waals surface area contributed by atoms with Gasteiger partial charge in [0.25, 0.3) is 0 Å². The Balaban J connectivity index is 1.91. The van der Waals surface area contributed by atoms with Crippen molar-refractivity contribution >= 4 is 11.7 Å². The molecule has 36 heavy (non-hydrogen) atoms. The molecule has 1 unspecified atom stereocenters. The summed E-state index contributed by atoms with van der Waals surface area (Å²) in [6.45, 7) is 15.4. The number of carbonyl (C=O) groups excluding carboxylic acids is 1. The Morgan fingerprint density at radius 3 is 2.14 bits per heavy atom. The highest BCUT2D eigenvalue weighted by atomic mass is 16.6. The van der Waals surface area contributed by atoms with Gasteiger partial charge in [-0.25, -0.2) is 4.79 Å². The molecule has 1 aromatic heterocycles. The second-order valence-electron chi connectivity index (χ2n) is 11.9. The third kappa shape index (κ3) is 5.54. The number of anilines is 1. The van der Waals surface area contributed by atoms with Crippen LogP contribution >= 0.6 is 0 Å². The van der Waals surface area contributed by atoms with Gasteiger partial charge >= 0.3 is 5.97 Å². The number of esters is 1. The minimum absolute atomic E-state index is 0.220. The first-order valence-corrected chi connectivity index (χ1v) is 13.3. The van der Waals surface area contributed by atoms with Crippen LogP contribution < -0.4 is 4.90 Å². The van der Waals surface area contributed by atoms with Gasteiger partial charge in [0.15, 0.2) is 6.10 Å². The lowest BCUT2D eigenvalue weighted by Gasteiger charge is -2.49. The predicted octanol–water partition coefficient (Wildman–Crippen LogP) is 6.65. The molecule has 1 aromatic carbocycles. The Kier molecular flexibility index (Phi) is 7.38. The molecule has 2 aromatic rings. The van der Waals surface area contributed by atoms with Crippen molar-refractivity contribution in [3.05, 3.63) is 41.2 Å². The fourth-order valence-corrected chi connectivity index (χ4v) is 5.72. The van der Waals surface area contributed by atoms with Crippen LogP contribution in [0.3, 0.4) is 0 Å². The first kappa shape index (κ1) is 26.5. The van der Waals surface area contributed by atoms with E-state index < -0.39 is 11.7 Å². The number of nitrogens with zero attached hydrogens (tertiary/aromatic N) is 2. The molecule has 1 N–H and O–H groups in total. The van der Waals surface area contributed by atoms with Crippen LogP contribution in [0.15, 0.2) is 24.3 Å². The maximum atomic E-state index is 13.5. The van der Waals surface area contributed by atoms with Gasteiger partial charge in [0.2, 0.25) is 0 Å². The van der Waals surface area contributed by atoms with E-state index in [1.807, 2.05) is 60.6 Å². The van der Waals surface area contributed by atoms with Crippen molar-refractivity contribution in [3.8, 4) is 16.9 Å². The lowest BCUT2D eigenvalue weighted by Crippen LogP contribution is -2.44. The van der Waals surface area contributed by atoms with Gasteiger partial charge in [0.05, 0.1) is 17.4 Å². The quantitative estimate of drug-likeness (QED) is 0.453. The van der Waals surface area contributed by atoms with Crippen LogP contribution in [0.1, 0.15) is 89.8 Å². The van der Waals surface area contributed by atoms with Crippen molar-refractivity contribution in [3.63, 3.8) is 0 Å². The summed E-state index contributed by atoms with van der Waals surface area (Å²) in [4.78, 5) is 20.9. The van der Waals surface area contributed by atoms with E-state index in [2.05, 4.69) is 4.90 Å². The van der Waals surface area contributed by atoms with Gasteiger partial charge in [0, 0.05) is 35.6 Å². The molecule has 4 rings (SSSR count). The summed E-state index contributed by atoms with van der Waals surface area (Å²) in [6.07, 6.45) is 5.14. The molecule has 6 heteroatoms. The summed E-state index contributed by atoms with van der Waals surface area (Å²) in [6, 6.07) is 7.25. The number of hydrogen-bond acceptors (Lipinski definition) is 6. The van der Waals surface area contributed by atoms with Crippen LogP contribution in [0.25, 0.3) is 11.1 Å². The number of benzene rings is 1. The number of hydrogen-bond donors (Lipinski definition) is 1. The average Bonchev–Trinajstić information content (AvgIpc) is 2.76. The number of aromatic nitrogens is 1. The van der Waals surface area contributed by atoms with Gasteiger partial charge < -0.3 is 19.5 Å². The van der Waals surface area contributed by atoms with Crippen LogP contribution in [-0.2, 0) is 14.3 Å². The Hall–Kier alpha value is -2.60. The molecular formula is C30H42N2O4. The lowest BCUT2D eigenvalue weighted by atomic mass is 9.63. The molecule has 1 atom stereocenters. The molecule has 1 aliphatic carbocycles. The zero-order valence-corrected chi connectivity index (χ0v) is 23.0. The van der Waals surface area contributed by atoms with Gasteiger partial charge in [-0.1, -0.05) is 18.6 Å². The van der Waals surface area contributed by atoms with Crippen molar-refractivity contribution < 1.29 is 19.4 Å². The minimum Gasteiger partial charge on any atom is -0.508 e. The number of aryl methyl sites for hydroxylation is 2. The summed E-state index contributed by atoms with van der Waals surface area (Å²) in [5.41, 5.74) is 5.35. The summed E-state index contributed by atoms with van der Waals surface area (Å²) in [5.74, 6) is -0.170. The standard InChI is InChI=1S/C30H42N2O4/c1-19(2)35-28(34)27(36-29(5,6)7)25-21(4)31-20(3)24(22-9-11-23(33)12-10-22)26(25)32-17-15-30(16-18-32)13-8-14-30/h9-12,19,27,33H,8,13-18H2,1-7H3. The number of phenolic OH excluding ortho intramolecular Hbond substituents is 1. The predicted molar refractivity (Wildman–Crippen MR) is 143 cm³/mol. The van der Waals surface area contributed by atoms with Crippen LogP contribution in [0.4, 0.5) is 5.69 Å². The van der Waals surface area contributed by atoms with Gasteiger partial charge in [-0.3, -0.25) is 4.98 Å². The Morgan fingerprint density at radius 2 is 1.64 bits per heavy atom. The van der Waals surface area contributed by atoms with Gasteiger partial charge in [-0.15, -0.1) is 0 Å². The number of piperidine rings is 1. The molecule has 1 saturated heterocycles. The summed E-state index contributed by atoms with van der Waals surface area (Å²) >= 11 is 0. The molecule has 6 nitrogen and oxygen atoms in total. The average molecular weight is 495 g/mol. The smallest absolute Gasteiger partial charge is 0.340 e. The fraction of sp³-hybridized carbons (Fsp3) is 0.600. The Bertz CT molecular complexity index is 1090. The van der Waals surface area contributed by atoms with E-state index in [4.69, 9.17) is 14.5 Å². The number of ether oxygens (including phenoxy) is 2. The molecule has 196 valence electrons. The summed E-state index contributed by atoms with van der Waals surface area (Å²) in [7, 11) is 0. The van der Waals surface area contributed by atoms with E-state index in [0.717, 1.165) is 59.7 Å². The van der Waals surface area contributed by atoms with E-state index >= 15 is 0 Å². The molecule has 0 amide bonds. The first-order chi connectivity index (χ1) is 16.9. The molecule has 2 heterocycles. The van der Waals surface area contributed by atoms with E-state index in [1.165, 1.54) is 19.3 Å². The zero-order valence-electron chi connectivity index (χ0n) is 23.0. The van der Waals surface area contributed by atoms with Crippen molar-refractivity contribution in [1.29, 1.82) is 0 Å². The maximum Gasteiger partial charge on any atom is 0.340 e. The number of rotatable bonds is 6. The monoisotopic (exact) mass is 494 g/mol. The van der Waals surface area contributed by atoms with Crippen molar-refractivity contribution in [2.45, 2.75) is 98.4 Å². The van der Waals surface area contributed by atoms with Crippen LogP contribution in [-0.4, -0.2) is 40.9 Å². The number of carbonyl (C=O) groups is 1. The summed E-state index contributed by atoms with van der Waals surface area (Å²) in [5, 5.41) is 9.95. The van der Waals surface area contributed by atoms with E-state index in [1.54, 1.807) is 12.1 Å². The highest BCUT2D eigenvalue weighted by Crippen LogP contribution is 2.51. The fourth-order valence-electron chi connectivity index (χ4n) is 5.72. The minimum atomic E-state index is -0.897. The number of pyridine rings is 1. The lowest BCUT2D eigenvalue weighted by molar-refractivity contribution is -0.171. The van der Waals surface area contributed by atoms with Crippen LogP contribution in [0.5, 0.6) is 5.75 Å². The van der Waals surface area contributed by atoms with E-state index in [9.17, 15) is 9.90 Å². The largest absolute Gasteiger partial charge is 0.508 e. The number of phenols is 1. The molecule has 1 saturated carbocycles. The van der Waals surface area contributed by atoms with Crippen molar-refractivity contribution in [2.24, 2.45) is 5.41 Å². The second-order valence-corrected chi connectivity index (χ2v) is 11.9.